The predicted molar refractivity (Wildman–Crippen MR) is 136 cm³/mol. The van der Waals surface area contributed by atoms with E-state index in [-0.39, 0.29) is 23.7 Å². The van der Waals surface area contributed by atoms with Crippen molar-refractivity contribution in [3.8, 4) is 0 Å². The van der Waals surface area contributed by atoms with Crippen LogP contribution in [-0.2, 0) is 35.9 Å². The van der Waals surface area contributed by atoms with Crippen LogP contribution in [0.25, 0.3) is 0 Å². The fraction of sp³-hybridized carbons (Fsp3) is 0.828. The van der Waals surface area contributed by atoms with Gasteiger partial charge in [-0.15, -0.1) is 5.10 Å². The smallest absolute Gasteiger partial charge is 0.186 e. The minimum Gasteiger partial charge on any atom is -0.383 e. The molecule has 2 aliphatic heterocycles. The van der Waals surface area contributed by atoms with Gasteiger partial charge in [-0.2, -0.15) is 0 Å². The van der Waals surface area contributed by atoms with Gasteiger partial charge in [0.05, 0.1) is 12.7 Å². The average molecular weight is 528 g/mol. The molecule has 0 aromatic carbocycles. The molecule has 2 saturated heterocycles. The fourth-order valence-corrected chi connectivity index (χ4v) is 9.36. The molecule has 1 aromatic rings. The van der Waals surface area contributed by atoms with Gasteiger partial charge in [0.1, 0.15) is 29.6 Å². The van der Waals surface area contributed by atoms with E-state index in [9.17, 15) is 9.90 Å². The molecule has 4 aliphatic carbocycles. The molecule has 0 radical (unpaired) electrons. The third-order valence-electron chi connectivity index (χ3n) is 11.1. The number of hydrogen-bond donors (Lipinski definition) is 1. The van der Waals surface area contributed by atoms with Crippen molar-refractivity contribution in [2.24, 2.45) is 29.1 Å². The SMILES string of the molecule is CO[C@@H]1O[C@H](Cn2cc([C@]3(O)CC[C@H]4[C@@H]5CCC6=CC(=O)CC[C@@H]6[C@H]5CC[C@@]43C)nn2)[C@H]2OC(C)(C)O[C@@H]12. The fourth-order valence-electron chi connectivity index (χ4n) is 9.36. The highest BCUT2D eigenvalue weighted by molar-refractivity contribution is 5.91. The predicted octanol–water partition coefficient (Wildman–Crippen LogP) is 3.50. The highest BCUT2D eigenvalue weighted by atomic mass is 16.8. The highest BCUT2D eigenvalue weighted by Crippen LogP contribution is 2.67. The van der Waals surface area contributed by atoms with E-state index in [4.69, 9.17) is 18.9 Å². The lowest BCUT2D eigenvalue weighted by atomic mass is 9.50. The number of hydrogen-bond acceptors (Lipinski definition) is 8. The van der Waals surface area contributed by atoms with Gasteiger partial charge in [-0.05, 0) is 88.5 Å². The molecule has 0 bridgehead atoms. The molecule has 3 heterocycles. The van der Waals surface area contributed by atoms with Gasteiger partial charge in [-0.3, -0.25) is 4.79 Å². The van der Waals surface area contributed by atoms with Crippen molar-refractivity contribution in [1.82, 2.24) is 15.0 Å². The van der Waals surface area contributed by atoms with Gasteiger partial charge in [0, 0.05) is 18.9 Å². The van der Waals surface area contributed by atoms with E-state index in [1.165, 1.54) is 5.57 Å². The normalized spacial score (nSPS) is 47.3. The van der Waals surface area contributed by atoms with E-state index in [0.717, 1.165) is 38.5 Å². The molecule has 7 rings (SSSR count). The van der Waals surface area contributed by atoms with Crippen LogP contribution in [0.1, 0.15) is 77.8 Å². The summed E-state index contributed by atoms with van der Waals surface area (Å²) in [6, 6.07) is 0. The van der Waals surface area contributed by atoms with Crippen molar-refractivity contribution in [2.45, 2.75) is 115 Å². The van der Waals surface area contributed by atoms with E-state index >= 15 is 0 Å². The van der Waals surface area contributed by atoms with Gasteiger partial charge in [-0.25, -0.2) is 4.68 Å². The van der Waals surface area contributed by atoms with Crippen molar-refractivity contribution in [1.29, 1.82) is 0 Å². The van der Waals surface area contributed by atoms with Crippen LogP contribution in [0.2, 0.25) is 0 Å². The average Bonchev–Trinajstić information content (AvgIpc) is 3.61. The van der Waals surface area contributed by atoms with Crippen LogP contribution in [0.4, 0.5) is 0 Å². The Morgan fingerprint density at radius 2 is 1.89 bits per heavy atom. The van der Waals surface area contributed by atoms with Crippen LogP contribution in [0.15, 0.2) is 17.8 Å². The standard InChI is InChI=1S/C29H41N3O6/c1-27(2)37-24-22(36-26(35-4)25(24)38-27)14-32-15-23(30-31-32)29(34)12-10-21-20-7-5-16-13-17(33)6-8-18(16)19(20)9-11-28(21,29)3/h13,15,18-22,24-26,34H,5-12,14H2,1-4H3/t18-,19+,20+,21-,22+,24+,25+,26+,28-,29+/m0/s1. The Morgan fingerprint density at radius 3 is 2.71 bits per heavy atom. The monoisotopic (exact) mass is 527 g/mol. The molecule has 0 amide bonds. The molecule has 0 spiro atoms. The lowest BCUT2D eigenvalue weighted by Gasteiger charge is -2.55. The Labute approximate surface area is 224 Å². The van der Waals surface area contributed by atoms with E-state index < -0.39 is 17.7 Å². The molecule has 208 valence electrons. The summed E-state index contributed by atoms with van der Waals surface area (Å²) in [6.45, 7) is 6.54. The zero-order valence-electron chi connectivity index (χ0n) is 23.0. The van der Waals surface area contributed by atoms with Gasteiger partial charge < -0.3 is 24.1 Å². The zero-order valence-corrected chi connectivity index (χ0v) is 23.0. The van der Waals surface area contributed by atoms with Crippen molar-refractivity contribution in [2.75, 3.05) is 7.11 Å². The van der Waals surface area contributed by atoms with Crippen LogP contribution in [0.3, 0.4) is 0 Å². The first-order chi connectivity index (χ1) is 18.1. The van der Waals surface area contributed by atoms with E-state index in [1.54, 1.807) is 11.8 Å². The number of ether oxygens (including phenoxy) is 4. The largest absolute Gasteiger partial charge is 0.383 e. The number of aromatic nitrogens is 3. The summed E-state index contributed by atoms with van der Waals surface area (Å²) in [5, 5.41) is 21.2. The first-order valence-electron chi connectivity index (χ1n) is 14.5. The minimum atomic E-state index is -0.997. The summed E-state index contributed by atoms with van der Waals surface area (Å²) in [5.74, 6) is 1.88. The summed E-state index contributed by atoms with van der Waals surface area (Å²) < 4.78 is 25.5. The van der Waals surface area contributed by atoms with E-state index in [1.807, 2.05) is 26.1 Å². The first kappa shape index (κ1) is 25.3. The van der Waals surface area contributed by atoms with Crippen LogP contribution in [0.5, 0.6) is 0 Å². The summed E-state index contributed by atoms with van der Waals surface area (Å²) in [7, 11) is 1.62. The second-order valence-corrected chi connectivity index (χ2v) is 13.3. The number of aliphatic hydroxyl groups is 1. The highest BCUT2D eigenvalue weighted by Gasteiger charge is 2.64. The number of carbonyl (C=O) groups is 1. The molecular formula is C29H41N3O6. The van der Waals surface area contributed by atoms with Gasteiger partial charge >= 0.3 is 0 Å². The maximum absolute atomic E-state index is 12.3. The van der Waals surface area contributed by atoms with E-state index in [0.29, 0.717) is 54.5 Å². The van der Waals surface area contributed by atoms with Crippen molar-refractivity contribution in [3.05, 3.63) is 23.5 Å². The number of ketones is 1. The molecular weight excluding hydrogens is 486 g/mol. The molecule has 9 heteroatoms. The Bertz CT molecular complexity index is 1150. The van der Waals surface area contributed by atoms with Crippen LogP contribution in [-0.4, -0.2) is 63.4 Å². The molecule has 1 N–H and O–H groups in total. The topological polar surface area (TPSA) is 105 Å². The summed E-state index contributed by atoms with van der Waals surface area (Å²) in [4.78, 5) is 12.0. The van der Waals surface area contributed by atoms with E-state index in [2.05, 4.69) is 17.2 Å². The first-order valence-corrected chi connectivity index (χ1v) is 14.5. The van der Waals surface area contributed by atoms with Crippen LogP contribution >= 0.6 is 0 Å². The molecule has 0 unspecified atom stereocenters. The third-order valence-corrected chi connectivity index (χ3v) is 11.1. The third kappa shape index (κ3) is 3.65. The second kappa shape index (κ2) is 8.67. The molecule has 38 heavy (non-hydrogen) atoms. The lowest BCUT2D eigenvalue weighted by molar-refractivity contribution is -0.228. The lowest BCUT2D eigenvalue weighted by Crippen LogP contribution is -2.51. The minimum absolute atomic E-state index is 0.233. The molecule has 5 fully saturated rings. The van der Waals surface area contributed by atoms with Crippen LogP contribution in [0, 0.1) is 29.1 Å². The second-order valence-electron chi connectivity index (χ2n) is 13.3. The zero-order chi connectivity index (χ0) is 26.4. The number of fused-ring (bicyclic) bond motifs is 6. The van der Waals surface area contributed by atoms with Gasteiger partial charge in [0.15, 0.2) is 17.9 Å². The Morgan fingerprint density at radius 1 is 1.08 bits per heavy atom. The van der Waals surface area contributed by atoms with Gasteiger partial charge in [0.2, 0.25) is 0 Å². The number of carbonyl (C=O) groups excluding carboxylic acids is 1. The number of rotatable bonds is 4. The molecule has 1 aromatic heterocycles. The molecule has 9 nitrogen and oxygen atoms in total. The number of nitrogens with zero attached hydrogens (tertiary/aromatic N) is 3. The number of methoxy groups -OCH3 is 1. The molecule has 3 saturated carbocycles. The van der Waals surface area contributed by atoms with Gasteiger partial charge in [-0.1, -0.05) is 17.7 Å². The van der Waals surface area contributed by atoms with Crippen molar-refractivity contribution < 1.29 is 28.8 Å². The summed E-state index contributed by atoms with van der Waals surface area (Å²) >= 11 is 0. The van der Waals surface area contributed by atoms with Crippen molar-refractivity contribution >= 4 is 5.78 Å². The van der Waals surface area contributed by atoms with Crippen molar-refractivity contribution in [3.63, 3.8) is 0 Å². The number of allylic oxidation sites excluding steroid dienone is 1. The Kier molecular flexibility index (Phi) is 5.78. The Balaban J connectivity index is 1.10. The maximum atomic E-state index is 12.3. The summed E-state index contributed by atoms with van der Waals surface area (Å²) in [6.07, 6.45) is 10.2. The van der Waals surface area contributed by atoms with Gasteiger partial charge in [0.25, 0.3) is 0 Å². The van der Waals surface area contributed by atoms with Crippen LogP contribution < -0.4 is 0 Å². The summed E-state index contributed by atoms with van der Waals surface area (Å²) in [5.41, 5.74) is 0.836. The Hall–Kier alpha value is -1.65. The quantitative estimate of drug-likeness (QED) is 0.635. The molecule has 6 aliphatic rings. The maximum Gasteiger partial charge on any atom is 0.186 e. The molecule has 10 atom stereocenters.